The third-order valence-corrected chi connectivity index (χ3v) is 4.94. The lowest BCUT2D eigenvalue weighted by atomic mass is 10.0. The summed E-state index contributed by atoms with van der Waals surface area (Å²) in [6.45, 7) is 2.39. The first-order valence-corrected chi connectivity index (χ1v) is 9.00. The van der Waals surface area contributed by atoms with E-state index in [2.05, 4.69) is 0 Å². The van der Waals surface area contributed by atoms with Gasteiger partial charge < -0.3 is 24.2 Å². The Kier molecular flexibility index (Phi) is 3.62. The number of nitrogens with zero attached hydrogens (tertiary/aromatic N) is 2. The van der Waals surface area contributed by atoms with Crippen LogP contribution in [0.5, 0.6) is 23.0 Å². The van der Waals surface area contributed by atoms with E-state index < -0.39 is 0 Å². The van der Waals surface area contributed by atoms with E-state index in [0.29, 0.717) is 25.6 Å². The molecule has 2 aromatic carbocycles. The Morgan fingerprint density at radius 2 is 1.93 bits per heavy atom. The van der Waals surface area contributed by atoms with Gasteiger partial charge in [-0.3, -0.25) is 0 Å². The van der Waals surface area contributed by atoms with Gasteiger partial charge in [0.05, 0.1) is 17.0 Å². The Hall–Kier alpha value is -2.99. The minimum absolute atomic E-state index is 0.140. The summed E-state index contributed by atoms with van der Waals surface area (Å²) >= 11 is 0. The average Bonchev–Trinajstić information content (AvgIpc) is 3.17. The van der Waals surface area contributed by atoms with E-state index in [0.717, 1.165) is 51.7 Å². The molecule has 3 aliphatic rings. The zero-order chi connectivity index (χ0) is 18.5. The predicted octanol–water partition coefficient (Wildman–Crippen LogP) is 3.09. The van der Waals surface area contributed by atoms with Crippen LogP contribution in [0, 0.1) is 0 Å². The molecule has 2 aliphatic heterocycles. The number of rotatable bonds is 4. The normalized spacial score (nSPS) is 15.8. The Balaban J connectivity index is 1.51. The summed E-state index contributed by atoms with van der Waals surface area (Å²) in [6.07, 6.45) is 2.04. The molecule has 0 amide bonds. The highest BCUT2D eigenvalue weighted by molar-refractivity contribution is 6.43. The minimum Gasteiger partial charge on any atom is -0.504 e. The number of aliphatic imine (C=N–C) groups is 1. The average molecular weight is 364 g/mol. The molecule has 5 rings (SSSR count). The van der Waals surface area contributed by atoms with E-state index in [1.807, 2.05) is 43.3 Å². The lowest BCUT2D eigenvalue weighted by Crippen LogP contribution is -2.19. The molecule has 27 heavy (non-hydrogen) atoms. The van der Waals surface area contributed by atoms with Crippen molar-refractivity contribution in [2.24, 2.45) is 4.99 Å². The van der Waals surface area contributed by atoms with Gasteiger partial charge in [0, 0.05) is 17.7 Å². The van der Waals surface area contributed by atoms with Crippen LogP contribution in [0.25, 0.3) is 11.6 Å². The lowest BCUT2D eigenvalue weighted by molar-refractivity contribution is 0.171. The third kappa shape index (κ3) is 2.56. The van der Waals surface area contributed by atoms with Crippen molar-refractivity contribution in [1.29, 1.82) is 0 Å². The fourth-order valence-electron chi connectivity index (χ4n) is 3.60. The van der Waals surface area contributed by atoms with E-state index >= 15 is 0 Å². The zero-order valence-electron chi connectivity index (χ0n) is 15.3. The number of fused-ring (bicyclic) bond motifs is 6. The highest BCUT2D eigenvalue weighted by atomic mass is 16.6. The maximum atomic E-state index is 10.8. The highest BCUT2D eigenvalue weighted by Crippen LogP contribution is 2.51. The topological polar surface area (TPSA) is 63.5 Å². The van der Waals surface area contributed by atoms with Crippen molar-refractivity contribution >= 4 is 23.0 Å². The maximum absolute atomic E-state index is 10.8. The predicted molar refractivity (Wildman–Crippen MR) is 104 cm³/mol. The molecule has 6 nitrogen and oxygen atoms in total. The van der Waals surface area contributed by atoms with Gasteiger partial charge in [-0.2, -0.15) is 0 Å². The summed E-state index contributed by atoms with van der Waals surface area (Å²) in [6, 6.07) is 7.62. The van der Waals surface area contributed by atoms with Crippen LogP contribution in [0.2, 0.25) is 0 Å². The van der Waals surface area contributed by atoms with E-state index in [1.54, 1.807) is 6.07 Å². The minimum atomic E-state index is 0.140. The molecule has 1 aliphatic carbocycles. The Morgan fingerprint density at radius 1 is 1.15 bits per heavy atom. The summed E-state index contributed by atoms with van der Waals surface area (Å²) < 4.78 is 17.2. The van der Waals surface area contributed by atoms with Crippen LogP contribution in [0.3, 0.4) is 0 Å². The number of hydrogen-bond acceptors (Lipinski definition) is 6. The number of allylic oxidation sites excluding steroid dienone is 1. The fraction of sp³-hybridized carbons (Fsp3) is 0.286. The Morgan fingerprint density at radius 3 is 2.70 bits per heavy atom. The maximum Gasteiger partial charge on any atom is 0.167 e. The van der Waals surface area contributed by atoms with Crippen LogP contribution in [0.4, 0.5) is 5.69 Å². The molecule has 0 atom stereocenters. The Labute approximate surface area is 157 Å². The van der Waals surface area contributed by atoms with Gasteiger partial charge in [-0.15, -0.1) is 0 Å². The fourth-order valence-corrected chi connectivity index (χ4v) is 3.60. The number of aromatic hydroxyl groups is 1. The van der Waals surface area contributed by atoms with E-state index in [1.165, 1.54) is 0 Å². The van der Waals surface area contributed by atoms with Crippen LogP contribution in [-0.4, -0.2) is 56.2 Å². The largest absolute Gasteiger partial charge is 0.504 e. The summed E-state index contributed by atoms with van der Waals surface area (Å²) in [7, 11) is 3.97. The molecule has 2 aromatic rings. The van der Waals surface area contributed by atoms with Gasteiger partial charge in [0.25, 0.3) is 0 Å². The van der Waals surface area contributed by atoms with Crippen molar-refractivity contribution in [1.82, 2.24) is 4.90 Å². The van der Waals surface area contributed by atoms with Gasteiger partial charge in [-0.1, -0.05) is 0 Å². The first-order valence-electron chi connectivity index (χ1n) is 9.00. The molecule has 6 heteroatoms. The molecular formula is C21H20N2O4. The van der Waals surface area contributed by atoms with Gasteiger partial charge in [-0.25, -0.2) is 4.99 Å². The second-order valence-electron chi connectivity index (χ2n) is 7.06. The van der Waals surface area contributed by atoms with Gasteiger partial charge in [0.2, 0.25) is 0 Å². The van der Waals surface area contributed by atoms with Crippen molar-refractivity contribution in [3.63, 3.8) is 0 Å². The molecule has 0 aromatic heterocycles. The number of hydrogen-bond donors (Lipinski definition) is 1. The smallest absolute Gasteiger partial charge is 0.167 e. The molecular weight excluding hydrogens is 344 g/mol. The van der Waals surface area contributed by atoms with Crippen LogP contribution >= 0.6 is 0 Å². The third-order valence-electron chi connectivity index (χ3n) is 4.94. The molecule has 138 valence electrons. The SMILES string of the molecule is CN(C)CCOc1ccc2c(c1O)C1=Cc3cc4c(cc3C1=N2)OCCO4. The molecule has 0 fully saturated rings. The standard InChI is InChI=1S/C21H20N2O4/c1-23(2)5-6-25-16-4-3-15-19(21(16)24)14-9-12-10-17-18(27-8-7-26-17)11-13(12)20(14)22-15/h3-4,9-11,24H,5-8H2,1-2H3. The van der Waals surface area contributed by atoms with Crippen molar-refractivity contribution in [2.75, 3.05) is 40.5 Å². The number of phenols is 1. The summed E-state index contributed by atoms with van der Waals surface area (Å²) in [5.41, 5.74) is 5.28. The second kappa shape index (κ2) is 6.03. The highest BCUT2D eigenvalue weighted by Gasteiger charge is 2.33. The Bertz CT molecular complexity index is 1010. The summed E-state index contributed by atoms with van der Waals surface area (Å²) in [5, 5.41) is 10.8. The van der Waals surface area contributed by atoms with Crippen molar-refractivity contribution in [2.45, 2.75) is 0 Å². The first kappa shape index (κ1) is 16.2. The molecule has 1 N–H and O–H groups in total. The summed E-state index contributed by atoms with van der Waals surface area (Å²) in [5.74, 6) is 2.11. The molecule has 0 spiro atoms. The van der Waals surface area contributed by atoms with E-state index in [-0.39, 0.29) is 5.75 Å². The van der Waals surface area contributed by atoms with Gasteiger partial charge in [0.1, 0.15) is 19.8 Å². The monoisotopic (exact) mass is 364 g/mol. The molecule has 0 saturated heterocycles. The van der Waals surface area contributed by atoms with Gasteiger partial charge in [0.15, 0.2) is 23.0 Å². The number of likely N-dealkylation sites (N-methyl/N-ethyl adjacent to an activating group) is 1. The molecule has 0 saturated carbocycles. The molecule has 0 unspecified atom stereocenters. The summed E-state index contributed by atoms with van der Waals surface area (Å²) in [4.78, 5) is 6.78. The van der Waals surface area contributed by atoms with Crippen molar-refractivity contribution in [3.05, 3.63) is 41.0 Å². The molecule has 0 bridgehead atoms. The van der Waals surface area contributed by atoms with Crippen LogP contribution in [0.15, 0.2) is 29.3 Å². The van der Waals surface area contributed by atoms with Gasteiger partial charge in [-0.05, 0) is 50.0 Å². The zero-order valence-corrected chi connectivity index (χ0v) is 15.3. The van der Waals surface area contributed by atoms with E-state index in [9.17, 15) is 5.11 Å². The lowest BCUT2D eigenvalue weighted by Gasteiger charge is -2.19. The van der Waals surface area contributed by atoms with Crippen LogP contribution in [0.1, 0.15) is 16.7 Å². The first-order chi connectivity index (χ1) is 13.1. The number of benzene rings is 2. The van der Waals surface area contributed by atoms with Crippen molar-refractivity contribution < 1.29 is 19.3 Å². The van der Waals surface area contributed by atoms with E-state index in [4.69, 9.17) is 19.2 Å². The molecule has 0 radical (unpaired) electrons. The van der Waals surface area contributed by atoms with Gasteiger partial charge >= 0.3 is 0 Å². The number of phenolic OH excluding ortho intramolecular Hbond substituents is 1. The number of ether oxygens (including phenoxy) is 3. The quantitative estimate of drug-likeness (QED) is 0.903. The molecule has 2 heterocycles. The second-order valence-corrected chi connectivity index (χ2v) is 7.06. The van der Waals surface area contributed by atoms with Crippen LogP contribution in [-0.2, 0) is 0 Å². The van der Waals surface area contributed by atoms with Crippen LogP contribution < -0.4 is 14.2 Å². The van der Waals surface area contributed by atoms with Crippen molar-refractivity contribution in [3.8, 4) is 23.0 Å².